The summed E-state index contributed by atoms with van der Waals surface area (Å²) in [6, 6.07) is 4.48. The van der Waals surface area contributed by atoms with Crippen LogP contribution >= 0.6 is 11.8 Å². The van der Waals surface area contributed by atoms with E-state index in [4.69, 9.17) is 0 Å². The SMILES string of the molecule is CCCCS[C@@H](C)C(=O)N1CCC[C@@H]1c1cccn1C. The van der Waals surface area contributed by atoms with Gasteiger partial charge in [0.05, 0.1) is 11.3 Å². The smallest absolute Gasteiger partial charge is 0.235 e. The maximum atomic E-state index is 12.7. The van der Waals surface area contributed by atoms with Gasteiger partial charge in [-0.1, -0.05) is 13.3 Å². The van der Waals surface area contributed by atoms with Crippen molar-refractivity contribution >= 4 is 17.7 Å². The van der Waals surface area contributed by atoms with Crippen LogP contribution in [0.2, 0.25) is 0 Å². The van der Waals surface area contributed by atoms with Crippen LogP contribution in [0.4, 0.5) is 0 Å². The highest BCUT2D eigenvalue weighted by molar-refractivity contribution is 8.00. The van der Waals surface area contributed by atoms with Crippen LogP contribution in [-0.2, 0) is 11.8 Å². The van der Waals surface area contributed by atoms with E-state index in [2.05, 4.69) is 48.7 Å². The second kappa shape index (κ2) is 7.21. The van der Waals surface area contributed by atoms with Gasteiger partial charge in [0, 0.05) is 25.5 Å². The Bertz CT molecular complexity index is 443. The number of hydrogen-bond donors (Lipinski definition) is 0. The monoisotopic (exact) mass is 294 g/mol. The van der Waals surface area contributed by atoms with Crippen molar-refractivity contribution in [1.82, 2.24) is 9.47 Å². The first kappa shape index (κ1) is 15.5. The lowest BCUT2D eigenvalue weighted by atomic mass is 10.1. The molecule has 2 atom stereocenters. The molecule has 0 aliphatic carbocycles. The van der Waals surface area contributed by atoms with Gasteiger partial charge in [0.1, 0.15) is 0 Å². The number of aromatic nitrogens is 1. The maximum Gasteiger partial charge on any atom is 0.235 e. The largest absolute Gasteiger partial charge is 0.353 e. The van der Waals surface area contributed by atoms with Crippen molar-refractivity contribution in [3.05, 3.63) is 24.0 Å². The first-order valence-electron chi connectivity index (χ1n) is 7.68. The van der Waals surface area contributed by atoms with Crippen molar-refractivity contribution in [2.45, 2.75) is 50.8 Å². The highest BCUT2D eigenvalue weighted by Gasteiger charge is 2.33. The summed E-state index contributed by atoms with van der Waals surface area (Å²) >= 11 is 1.80. The van der Waals surface area contributed by atoms with Gasteiger partial charge < -0.3 is 9.47 Å². The molecular weight excluding hydrogens is 268 g/mol. The summed E-state index contributed by atoms with van der Waals surface area (Å²) in [6.45, 7) is 5.16. The molecule has 2 rings (SSSR count). The van der Waals surface area contributed by atoms with E-state index in [-0.39, 0.29) is 11.3 Å². The van der Waals surface area contributed by atoms with Crippen LogP contribution in [0.3, 0.4) is 0 Å². The van der Waals surface area contributed by atoms with E-state index in [0.29, 0.717) is 5.91 Å². The summed E-state index contributed by atoms with van der Waals surface area (Å²) in [7, 11) is 2.07. The van der Waals surface area contributed by atoms with Crippen LogP contribution in [-0.4, -0.2) is 32.9 Å². The Balaban J connectivity index is 2.00. The van der Waals surface area contributed by atoms with Crippen LogP contribution in [0, 0.1) is 0 Å². The molecule has 1 saturated heterocycles. The fourth-order valence-corrected chi connectivity index (χ4v) is 3.95. The predicted octanol–water partition coefficient (Wildman–Crippen LogP) is 3.61. The Kier molecular flexibility index (Phi) is 5.58. The third-order valence-electron chi connectivity index (χ3n) is 4.07. The highest BCUT2D eigenvalue weighted by Crippen LogP contribution is 2.33. The Morgan fingerprint density at radius 1 is 1.55 bits per heavy atom. The van der Waals surface area contributed by atoms with E-state index in [9.17, 15) is 4.79 Å². The number of amides is 1. The zero-order chi connectivity index (χ0) is 14.5. The van der Waals surface area contributed by atoms with Crippen molar-refractivity contribution in [2.24, 2.45) is 7.05 Å². The zero-order valence-electron chi connectivity index (χ0n) is 12.8. The lowest BCUT2D eigenvalue weighted by Crippen LogP contribution is -2.36. The van der Waals surface area contributed by atoms with Gasteiger partial charge in [0.2, 0.25) is 5.91 Å². The number of aryl methyl sites for hydroxylation is 1. The summed E-state index contributed by atoms with van der Waals surface area (Å²) in [5, 5.41) is 0.0856. The van der Waals surface area contributed by atoms with E-state index in [0.717, 1.165) is 25.1 Å². The van der Waals surface area contributed by atoms with Gasteiger partial charge in [-0.15, -0.1) is 11.8 Å². The molecule has 0 unspecified atom stereocenters. The molecule has 1 aromatic rings. The Labute approximate surface area is 126 Å². The molecule has 0 bridgehead atoms. The fourth-order valence-electron chi connectivity index (χ4n) is 2.87. The molecule has 0 N–H and O–H groups in total. The summed E-state index contributed by atoms with van der Waals surface area (Å²) in [5.41, 5.74) is 1.27. The lowest BCUT2D eigenvalue weighted by Gasteiger charge is -2.28. The van der Waals surface area contributed by atoms with Gasteiger partial charge in [0.15, 0.2) is 0 Å². The van der Waals surface area contributed by atoms with Gasteiger partial charge in [-0.3, -0.25) is 4.79 Å². The molecule has 2 heterocycles. The van der Waals surface area contributed by atoms with Crippen molar-refractivity contribution < 1.29 is 4.79 Å². The number of unbranched alkanes of at least 4 members (excludes halogenated alkanes) is 1. The van der Waals surface area contributed by atoms with E-state index in [1.807, 2.05) is 0 Å². The molecule has 112 valence electrons. The normalized spacial score (nSPS) is 20.4. The second-order valence-corrected chi connectivity index (χ2v) is 7.05. The molecule has 0 saturated carbocycles. The Hall–Kier alpha value is -0.900. The predicted molar refractivity (Wildman–Crippen MR) is 85.9 cm³/mol. The average molecular weight is 294 g/mol. The molecule has 4 heteroatoms. The van der Waals surface area contributed by atoms with Gasteiger partial charge in [-0.25, -0.2) is 0 Å². The Morgan fingerprint density at radius 2 is 2.35 bits per heavy atom. The quantitative estimate of drug-likeness (QED) is 0.749. The standard InChI is InChI=1S/C16H26N2OS/c1-4-5-12-20-13(2)16(19)18-11-7-9-15(18)14-8-6-10-17(14)3/h6,8,10,13,15H,4-5,7,9,11-12H2,1-3H3/t13-,15+/m0/s1. The first-order valence-corrected chi connectivity index (χ1v) is 8.73. The Morgan fingerprint density at radius 3 is 3.00 bits per heavy atom. The van der Waals surface area contributed by atoms with Crippen LogP contribution in [0.25, 0.3) is 0 Å². The number of hydrogen-bond acceptors (Lipinski definition) is 2. The minimum Gasteiger partial charge on any atom is -0.353 e. The van der Waals surface area contributed by atoms with Crippen molar-refractivity contribution in [3.63, 3.8) is 0 Å². The molecule has 0 radical (unpaired) electrons. The lowest BCUT2D eigenvalue weighted by molar-refractivity contribution is -0.131. The number of nitrogens with zero attached hydrogens (tertiary/aromatic N) is 2. The second-order valence-electron chi connectivity index (χ2n) is 5.60. The summed E-state index contributed by atoms with van der Waals surface area (Å²) < 4.78 is 2.14. The summed E-state index contributed by atoms with van der Waals surface area (Å²) in [6.07, 6.45) is 6.67. The van der Waals surface area contributed by atoms with Crippen LogP contribution in [0.15, 0.2) is 18.3 Å². The third-order valence-corrected chi connectivity index (χ3v) is 5.30. The van der Waals surface area contributed by atoms with E-state index < -0.39 is 0 Å². The van der Waals surface area contributed by atoms with Crippen LogP contribution in [0.1, 0.15) is 51.3 Å². The van der Waals surface area contributed by atoms with E-state index >= 15 is 0 Å². The molecule has 1 aliphatic heterocycles. The van der Waals surface area contributed by atoms with Crippen molar-refractivity contribution in [2.75, 3.05) is 12.3 Å². The van der Waals surface area contributed by atoms with E-state index in [1.54, 1.807) is 11.8 Å². The molecule has 1 aromatic heterocycles. The number of thioether (sulfide) groups is 1. The van der Waals surface area contributed by atoms with Crippen LogP contribution < -0.4 is 0 Å². The molecule has 3 nitrogen and oxygen atoms in total. The highest BCUT2D eigenvalue weighted by atomic mass is 32.2. The minimum atomic E-state index is 0.0856. The van der Waals surface area contributed by atoms with Crippen LogP contribution in [0.5, 0.6) is 0 Å². The minimum absolute atomic E-state index is 0.0856. The van der Waals surface area contributed by atoms with Gasteiger partial charge >= 0.3 is 0 Å². The van der Waals surface area contributed by atoms with E-state index in [1.165, 1.54) is 18.5 Å². The molecular formula is C16H26N2OS. The molecule has 1 aliphatic rings. The number of likely N-dealkylation sites (tertiary alicyclic amines) is 1. The summed E-state index contributed by atoms with van der Waals surface area (Å²) in [4.78, 5) is 14.7. The number of rotatable bonds is 6. The fraction of sp³-hybridized carbons (Fsp3) is 0.688. The van der Waals surface area contributed by atoms with Crippen molar-refractivity contribution in [1.29, 1.82) is 0 Å². The number of carbonyl (C=O) groups excluding carboxylic acids is 1. The molecule has 0 spiro atoms. The zero-order valence-corrected chi connectivity index (χ0v) is 13.7. The topological polar surface area (TPSA) is 25.2 Å². The van der Waals surface area contributed by atoms with Gasteiger partial charge in [-0.2, -0.15) is 0 Å². The molecule has 1 amide bonds. The first-order chi connectivity index (χ1) is 9.65. The maximum absolute atomic E-state index is 12.7. The molecule has 0 aromatic carbocycles. The van der Waals surface area contributed by atoms with Gasteiger partial charge in [0.25, 0.3) is 0 Å². The van der Waals surface area contributed by atoms with Crippen molar-refractivity contribution in [3.8, 4) is 0 Å². The third kappa shape index (κ3) is 3.40. The number of carbonyl (C=O) groups is 1. The average Bonchev–Trinajstić information content (AvgIpc) is 3.06. The van der Waals surface area contributed by atoms with Gasteiger partial charge in [-0.05, 0) is 44.1 Å². The summed E-state index contributed by atoms with van der Waals surface area (Å²) in [5.74, 6) is 1.40. The molecule has 1 fully saturated rings. The molecule has 20 heavy (non-hydrogen) atoms.